The van der Waals surface area contributed by atoms with Crippen molar-refractivity contribution in [3.63, 3.8) is 0 Å². The van der Waals surface area contributed by atoms with Crippen molar-refractivity contribution in [2.45, 2.75) is 52.4 Å². The molecule has 0 atom stereocenters. The Hall–Kier alpha value is -1.85. The molecule has 2 amide bonds. The maximum atomic E-state index is 12.2. The summed E-state index contributed by atoms with van der Waals surface area (Å²) < 4.78 is 4.89. The zero-order chi connectivity index (χ0) is 15.9. The van der Waals surface area contributed by atoms with Crippen LogP contribution in [0.15, 0.2) is 10.6 Å². The normalized spacial score (nSPS) is 15.0. The van der Waals surface area contributed by atoms with Crippen molar-refractivity contribution in [2.75, 3.05) is 18.4 Å². The smallest absolute Gasteiger partial charge is 0.245 e. The number of hydrogen-bond acceptors (Lipinski definition) is 4. The van der Waals surface area contributed by atoms with Crippen molar-refractivity contribution in [3.8, 4) is 0 Å². The molecule has 1 aromatic rings. The fourth-order valence-corrected chi connectivity index (χ4v) is 2.94. The van der Waals surface area contributed by atoms with Crippen LogP contribution in [0.4, 0.5) is 5.82 Å². The Labute approximate surface area is 131 Å². The molecule has 0 radical (unpaired) electrons. The molecule has 2 rings (SSSR count). The number of rotatable bonds is 7. The van der Waals surface area contributed by atoms with Crippen LogP contribution in [0.2, 0.25) is 0 Å². The molecular weight excluding hydrogens is 282 g/mol. The van der Waals surface area contributed by atoms with Gasteiger partial charge in [-0.3, -0.25) is 9.59 Å². The van der Waals surface area contributed by atoms with Crippen LogP contribution in [0.3, 0.4) is 0 Å². The Bertz CT molecular complexity index is 506. The van der Waals surface area contributed by atoms with Crippen LogP contribution in [0, 0.1) is 12.8 Å². The van der Waals surface area contributed by atoms with Crippen LogP contribution in [-0.2, 0) is 9.59 Å². The molecule has 0 saturated heterocycles. The van der Waals surface area contributed by atoms with Crippen LogP contribution in [-0.4, -0.2) is 35.0 Å². The highest BCUT2D eigenvalue weighted by Crippen LogP contribution is 2.28. The van der Waals surface area contributed by atoms with Crippen molar-refractivity contribution >= 4 is 17.6 Å². The van der Waals surface area contributed by atoms with Gasteiger partial charge in [0.05, 0.1) is 6.54 Å². The molecule has 1 fully saturated rings. The van der Waals surface area contributed by atoms with Crippen LogP contribution < -0.4 is 5.32 Å². The second-order valence-corrected chi connectivity index (χ2v) is 5.97. The Morgan fingerprint density at radius 2 is 2.14 bits per heavy atom. The fraction of sp³-hybridized carbons (Fsp3) is 0.688. The number of anilines is 1. The number of nitrogens with one attached hydrogen (secondary N) is 1. The minimum absolute atomic E-state index is 0.0564. The van der Waals surface area contributed by atoms with Crippen LogP contribution in [0.5, 0.6) is 0 Å². The average Bonchev–Trinajstić information content (AvgIpc) is 3.14. The number of carbonyl (C=O) groups is 2. The van der Waals surface area contributed by atoms with Gasteiger partial charge in [0.2, 0.25) is 11.8 Å². The maximum absolute atomic E-state index is 12.2. The van der Waals surface area contributed by atoms with Gasteiger partial charge in [0, 0.05) is 19.0 Å². The molecule has 1 aliphatic carbocycles. The molecule has 1 aliphatic rings. The second-order valence-electron chi connectivity index (χ2n) is 5.97. The van der Waals surface area contributed by atoms with Crippen molar-refractivity contribution in [1.82, 2.24) is 10.1 Å². The largest absolute Gasteiger partial charge is 0.360 e. The Kier molecular flexibility index (Phi) is 5.98. The average molecular weight is 307 g/mol. The van der Waals surface area contributed by atoms with Crippen molar-refractivity contribution in [3.05, 3.63) is 11.8 Å². The SMILES string of the molecule is CCN(CC(=O)Nc1cc(C)on1)C(=O)CCC1CCCC1. The van der Waals surface area contributed by atoms with E-state index in [9.17, 15) is 9.59 Å². The molecule has 1 N–H and O–H groups in total. The van der Waals surface area contributed by atoms with Crippen molar-refractivity contribution in [2.24, 2.45) is 5.92 Å². The summed E-state index contributed by atoms with van der Waals surface area (Å²) >= 11 is 0. The first kappa shape index (κ1) is 16.5. The zero-order valence-corrected chi connectivity index (χ0v) is 13.4. The molecule has 1 heterocycles. The third-order valence-electron chi connectivity index (χ3n) is 4.21. The van der Waals surface area contributed by atoms with E-state index in [0.717, 1.165) is 6.42 Å². The molecule has 0 unspecified atom stereocenters. The van der Waals surface area contributed by atoms with E-state index in [2.05, 4.69) is 10.5 Å². The quantitative estimate of drug-likeness (QED) is 0.840. The predicted molar refractivity (Wildman–Crippen MR) is 83.3 cm³/mol. The van der Waals surface area contributed by atoms with Gasteiger partial charge in [-0.05, 0) is 26.2 Å². The minimum atomic E-state index is -0.246. The molecular formula is C16H25N3O3. The number of nitrogens with zero attached hydrogens (tertiary/aromatic N) is 2. The van der Waals surface area contributed by atoms with E-state index in [-0.39, 0.29) is 18.4 Å². The first-order chi connectivity index (χ1) is 10.6. The summed E-state index contributed by atoms with van der Waals surface area (Å²) in [6.07, 6.45) is 6.54. The molecule has 0 bridgehead atoms. The first-order valence-electron chi connectivity index (χ1n) is 8.09. The predicted octanol–water partition coefficient (Wildman–Crippen LogP) is 2.74. The van der Waals surface area contributed by atoms with E-state index in [1.807, 2.05) is 6.92 Å². The third-order valence-corrected chi connectivity index (χ3v) is 4.21. The molecule has 6 nitrogen and oxygen atoms in total. The number of carbonyl (C=O) groups excluding carboxylic acids is 2. The molecule has 1 saturated carbocycles. The lowest BCUT2D eigenvalue weighted by Gasteiger charge is -2.20. The van der Waals surface area contributed by atoms with Gasteiger partial charge in [-0.15, -0.1) is 0 Å². The summed E-state index contributed by atoms with van der Waals surface area (Å²) in [5, 5.41) is 6.35. The van der Waals surface area contributed by atoms with Gasteiger partial charge in [0.1, 0.15) is 5.76 Å². The summed E-state index contributed by atoms with van der Waals surface area (Å²) in [6.45, 7) is 4.25. The molecule has 122 valence electrons. The van der Waals surface area contributed by atoms with E-state index in [4.69, 9.17) is 4.52 Å². The standard InChI is InChI=1S/C16H25N3O3/c1-3-19(16(21)9-8-13-6-4-5-7-13)11-15(20)17-14-10-12(2)22-18-14/h10,13H,3-9,11H2,1-2H3,(H,17,18,20). The number of hydrogen-bond donors (Lipinski definition) is 1. The zero-order valence-electron chi connectivity index (χ0n) is 13.4. The van der Waals surface area contributed by atoms with Gasteiger partial charge >= 0.3 is 0 Å². The van der Waals surface area contributed by atoms with E-state index >= 15 is 0 Å². The Balaban J connectivity index is 1.77. The van der Waals surface area contributed by atoms with E-state index in [1.165, 1.54) is 25.7 Å². The summed E-state index contributed by atoms with van der Waals surface area (Å²) in [4.78, 5) is 25.8. The van der Waals surface area contributed by atoms with Crippen molar-refractivity contribution in [1.29, 1.82) is 0 Å². The van der Waals surface area contributed by atoms with Crippen LogP contribution in [0.25, 0.3) is 0 Å². The van der Waals surface area contributed by atoms with Gasteiger partial charge in [0.15, 0.2) is 5.82 Å². The highest BCUT2D eigenvalue weighted by atomic mass is 16.5. The first-order valence-corrected chi connectivity index (χ1v) is 8.09. The summed E-state index contributed by atoms with van der Waals surface area (Å²) in [5.74, 6) is 1.52. The lowest BCUT2D eigenvalue weighted by atomic mass is 10.0. The number of amides is 2. The Morgan fingerprint density at radius 3 is 2.73 bits per heavy atom. The molecule has 0 spiro atoms. The summed E-state index contributed by atoms with van der Waals surface area (Å²) in [6, 6.07) is 1.65. The van der Waals surface area contributed by atoms with Crippen LogP contribution >= 0.6 is 0 Å². The van der Waals surface area contributed by atoms with Crippen molar-refractivity contribution < 1.29 is 14.1 Å². The number of aromatic nitrogens is 1. The lowest BCUT2D eigenvalue weighted by molar-refractivity contribution is -0.134. The molecule has 0 aliphatic heterocycles. The van der Waals surface area contributed by atoms with Gasteiger partial charge in [-0.1, -0.05) is 30.8 Å². The van der Waals surface area contributed by atoms with Gasteiger partial charge in [-0.25, -0.2) is 0 Å². The highest BCUT2D eigenvalue weighted by molar-refractivity contribution is 5.93. The summed E-state index contributed by atoms with van der Waals surface area (Å²) in [7, 11) is 0. The van der Waals surface area contributed by atoms with Crippen LogP contribution in [0.1, 0.15) is 51.2 Å². The van der Waals surface area contributed by atoms with Gasteiger partial charge in [0.25, 0.3) is 0 Å². The van der Waals surface area contributed by atoms with E-state index in [0.29, 0.717) is 30.5 Å². The molecule has 1 aromatic heterocycles. The third kappa shape index (κ3) is 4.86. The van der Waals surface area contributed by atoms with Gasteiger partial charge < -0.3 is 14.7 Å². The maximum Gasteiger partial charge on any atom is 0.245 e. The molecule has 0 aromatic carbocycles. The van der Waals surface area contributed by atoms with E-state index < -0.39 is 0 Å². The summed E-state index contributed by atoms with van der Waals surface area (Å²) in [5.41, 5.74) is 0. The monoisotopic (exact) mass is 307 g/mol. The van der Waals surface area contributed by atoms with E-state index in [1.54, 1.807) is 17.9 Å². The fourth-order valence-electron chi connectivity index (χ4n) is 2.94. The van der Waals surface area contributed by atoms with Gasteiger partial charge in [-0.2, -0.15) is 0 Å². The lowest BCUT2D eigenvalue weighted by Crippen LogP contribution is -2.38. The minimum Gasteiger partial charge on any atom is -0.360 e. The highest BCUT2D eigenvalue weighted by Gasteiger charge is 2.20. The second kappa shape index (κ2) is 7.96. The molecule has 6 heteroatoms. The Morgan fingerprint density at radius 1 is 1.41 bits per heavy atom. The topological polar surface area (TPSA) is 75.4 Å². The molecule has 22 heavy (non-hydrogen) atoms. The number of likely N-dealkylation sites (N-methyl/N-ethyl adjacent to an activating group) is 1. The number of aryl methyl sites for hydroxylation is 1.